The zero-order valence-corrected chi connectivity index (χ0v) is 23.3. The molecule has 222 valence electrons. The number of hydrogen-bond donors (Lipinski definition) is 4. The lowest BCUT2D eigenvalue weighted by Crippen LogP contribution is -2.65. The van der Waals surface area contributed by atoms with E-state index in [4.69, 9.17) is 11.1 Å². The molecule has 4 aliphatic carbocycles. The van der Waals surface area contributed by atoms with Crippen LogP contribution in [0.15, 0.2) is 9.59 Å². The van der Waals surface area contributed by atoms with Crippen LogP contribution in [0.25, 0.3) is 0 Å². The summed E-state index contributed by atoms with van der Waals surface area (Å²) in [5.74, 6) is -2.68. The number of aliphatic carboxylic acids is 1. The normalized spacial score (nSPS) is 33.1. The Morgan fingerprint density at radius 2 is 1.68 bits per heavy atom. The Kier molecular flexibility index (Phi) is 6.34. The number of carboxylic acid groups (broad SMARTS) is 1. The smallest absolute Gasteiger partial charge is 0.334 e. The van der Waals surface area contributed by atoms with E-state index in [0.717, 1.165) is 28.7 Å². The number of amidine groups is 1. The molecule has 6 rings (SSSR count). The standard InChI is InChI=1S/C28H38N6O7/c1-31-24(39)28(33(25(31)40)12-16-5-6-18(16)23(37)38)13-27(14-28)9-7-17(8-10-27)34-22(36)19(20(29)30)21(35)32(26(34)41)11-15-3-2-4-15/h15-18,35H,2-14H2,1H3,(H3,29,30)(H,37,38)/t16-,17?,18+,27?,28?/m0/s1. The molecule has 2 atom stereocenters. The minimum Gasteiger partial charge on any atom is -0.494 e. The summed E-state index contributed by atoms with van der Waals surface area (Å²) in [5, 5.41) is 28.1. The van der Waals surface area contributed by atoms with Gasteiger partial charge < -0.3 is 20.8 Å². The molecule has 41 heavy (non-hydrogen) atoms. The van der Waals surface area contributed by atoms with Gasteiger partial charge in [0.1, 0.15) is 16.9 Å². The van der Waals surface area contributed by atoms with Crippen LogP contribution >= 0.6 is 0 Å². The second-order valence-corrected chi connectivity index (χ2v) is 13.1. The van der Waals surface area contributed by atoms with E-state index < -0.39 is 46.4 Å². The van der Waals surface area contributed by atoms with E-state index in [2.05, 4.69) is 0 Å². The molecule has 1 aliphatic heterocycles. The molecule has 1 aromatic rings. The number of nitrogens with one attached hydrogen (secondary N) is 1. The van der Waals surface area contributed by atoms with Crippen LogP contribution in [0.3, 0.4) is 0 Å². The van der Waals surface area contributed by atoms with E-state index in [9.17, 15) is 34.2 Å². The number of rotatable bonds is 7. The van der Waals surface area contributed by atoms with E-state index in [1.165, 1.54) is 11.6 Å². The van der Waals surface area contributed by atoms with Crippen molar-refractivity contribution in [2.45, 2.75) is 88.8 Å². The van der Waals surface area contributed by atoms with Crippen LogP contribution in [0, 0.1) is 28.6 Å². The molecule has 5 fully saturated rings. The predicted octanol–water partition coefficient (Wildman–Crippen LogP) is 1.44. The van der Waals surface area contributed by atoms with Gasteiger partial charge in [-0.1, -0.05) is 6.42 Å². The van der Waals surface area contributed by atoms with Crippen LogP contribution in [0.5, 0.6) is 5.88 Å². The highest BCUT2D eigenvalue weighted by atomic mass is 16.4. The van der Waals surface area contributed by atoms with Crippen molar-refractivity contribution in [3.63, 3.8) is 0 Å². The summed E-state index contributed by atoms with van der Waals surface area (Å²) in [7, 11) is 1.47. The molecule has 1 saturated heterocycles. The number of carboxylic acids is 1. The second-order valence-electron chi connectivity index (χ2n) is 13.1. The average molecular weight is 571 g/mol. The summed E-state index contributed by atoms with van der Waals surface area (Å²) in [6.07, 6.45) is 7.43. The lowest BCUT2D eigenvalue weighted by molar-refractivity contribution is -0.154. The summed E-state index contributed by atoms with van der Waals surface area (Å²) >= 11 is 0. The van der Waals surface area contributed by atoms with Gasteiger partial charge in [0.05, 0.1) is 5.92 Å². The molecular formula is C28H38N6O7. The number of hydrogen-bond acceptors (Lipinski definition) is 7. The fourth-order valence-corrected chi connectivity index (χ4v) is 8.15. The number of likely N-dealkylation sites (N-methyl/N-ethyl adjacent to an activating group) is 1. The van der Waals surface area contributed by atoms with Crippen molar-refractivity contribution in [1.82, 2.24) is 18.9 Å². The molecule has 0 radical (unpaired) electrons. The van der Waals surface area contributed by atoms with Gasteiger partial charge in [0.25, 0.3) is 11.5 Å². The fraction of sp³-hybridized carbons (Fsp3) is 0.714. The summed E-state index contributed by atoms with van der Waals surface area (Å²) in [6, 6.07) is -0.816. The summed E-state index contributed by atoms with van der Waals surface area (Å²) in [4.78, 5) is 67.5. The number of urea groups is 1. The maximum atomic E-state index is 13.5. The van der Waals surface area contributed by atoms with Crippen LogP contribution in [0.4, 0.5) is 4.79 Å². The van der Waals surface area contributed by atoms with Gasteiger partial charge in [-0.25, -0.2) is 9.59 Å². The Balaban J connectivity index is 1.21. The van der Waals surface area contributed by atoms with Crippen LogP contribution in [-0.2, 0) is 16.1 Å². The summed E-state index contributed by atoms with van der Waals surface area (Å²) in [5.41, 5.74) is 2.78. The number of carbonyl (C=O) groups excluding carboxylic acids is 2. The highest BCUT2D eigenvalue weighted by Gasteiger charge is 2.68. The van der Waals surface area contributed by atoms with Crippen molar-refractivity contribution in [3.05, 3.63) is 26.4 Å². The third-order valence-corrected chi connectivity index (χ3v) is 10.9. The quantitative estimate of drug-likeness (QED) is 0.215. The van der Waals surface area contributed by atoms with Crippen LogP contribution in [-0.4, -0.2) is 72.0 Å². The molecule has 5 N–H and O–H groups in total. The second kappa shape index (κ2) is 9.45. The average Bonchev–Trinajstić information content (AvgIpc) is 3.01. The van der Waals surface area contributed by atoms with Crippen molar-refractivity contribution in [3.8, 4) is 5.88 Å². The zero-order valence-electron chi connectivity index (χ0n) is 23.3. The number of aromatic hydroxyl groups is 1. The molecule has 2 spiro atoms. The van der Waals surface area contributed by atoms with E-state index in [1.54, 1.807) is 4.90 Å². The van der Waals surface area contributed by atoms with E-state index in [1.807, 2.05) is 0 Å². The lowest BCUT2D eigenvalue weighted by atomic mass is 9.51. The van der Waals surface area contributed by atoms with Gasteiger partial charge in [0.15, 0.2) is 0 Å². The topological polar surface area (TPSA) is 192 Å². The molecule has 0 aromatic carbocycles. The van der Waals surface area contributed by atoms with E-state index >= 15 is 0 Å². The number of aromatic nitrogens is 2. The van der Waals surface area contributed by atoms with Gasteiger partial charge in [-0.15, -0.1) is 0 Å². The first-order chi connectivity index (χ1) is 19.4. The molecule has 5 aliphatic rings. The first kappa shape index (κ1) is 27.5. The number of amides is 3. The first-order valence-electron chi connectivity index (χ1n) is 14.6. The van der Waals surface area contributed by atoms with Gasteiger partial charge in [-0.05, 0) is 81.5 Å². The third kappa shape index (κ3) is 4.02. The number of carbonyl (C=O) groups is 3. The number of nitrogens with two attached hydrogens (primary N) is 1. The molecule has 2 heterocycles. The number of nitrogens with zero attached hydrogens (tertiary/aromatic N) is 4. The SMILES string of the molecule is CN1C(=O)N(C[C@@H]2CC[C@H]2C(=O)O)C2(CC3(CCC(n4c(=O)c(C(=N)N)c(O)n(CC5CCC5)c4=O)CC3)C2)C1=O. The maximum absolute atomic E-state index is 13.5. The molecule has 1 aromatic heterocycles. The number of imide groups is 1. The summed E-state index contributed by atoms with van der Waals surface area (Å²) in [6.45, 7) is 0.523. The van der Waals surface area contributed by atoms with Crippen molar-refractivity contribution in [1.29, 1.82) is 5.41 Å². The van der Waals surface area contributed by atoms with Crippen molar-refractivity contribution in [2.75, 3.05) is 13.6 Å². The minimum atomic E-state index is -0.968. The van der Waals surface area contributed by atoms with Gasteiger partial charge in [0.2, 0.25) is 5.88 Å². The van der Waals surface area contributed by atoms with Crippen molar-refractivity contribution in [2.24, 2.45) is 28.9 Å². The zero-order chi connectivity index (χ0) is 29.4. The Bertz CT molecular complexity index is 1440. The maximum Gasteiger partial charge on any atom is 0.334 e. The highest BCUT2D eigenvalue weighted by molar-refractivity contribution is 6.07. The van der Waals surface area contributed by atoms with Gasteiger partial charge in [0, 0.05) is 26.2 Å². The molecule has 4 saturated carbocycles. The van der Waals surface area contributed by atoms with E-state index in [0.29, 0.717) is 51.4 Å². The monoisotopic (exact) mass is 570 g/mol. The molecule has 0 unspecified atom stereocenters. The Morgan fingerprint density at radius 1 is 1.02 bits per heavy atom. The Hall–Kier alpha value is -3.64. The first-order valence-corrected chi connectivity index (χ1v) is 14.6. The van der Waals surface area contributed by atoms with Crippen LogP contribution in [0.2, 0.25) is 0 Å². The van der Waals surface area contributed by atoms with Crippen molar-refractivity contribution < 1.29 is 24.6 Å². The third-order valence-electron chi connectivity index (χ3n) is 10.9. The largest absolute Gasteiger partial charge is 0.494 e. The lowest BCUT2D eigenvalue weighted by Gasteiger charge is -2.59. The molecule has 13 heteroatoms. The van der Waals surface area contributed by atoms with E-state index in [-0.39, 0.29) is 47.8 Å². The van der Waals surface area contributed by atoms with Crippen LogP contribution in [0.1, 0.15) is 82.2 Å². The molecule has 3 amide bonds. The van der Waals surface area contributed by atoms with Crippen LogP contribution < -0.4 is 17.0 Å². The van der Waals surface area contributed by atoms with Gasteiger partial charge in [-0.2, -0.15) is 0 Å². The van der Waals surface area contributed by atoms with Gasteiger partial charge in [-0.3, -0.25) is 33.8 Å². The highest BCUT2D eigenvalue weighted by Crippen LogP contribution is 2.62. The summed E-state index contributed by atoms with van der Waals surface area (Å²) < 4.78 is 2.34. The molecule has 13 nitrogen and oxygen atoms in total. The Morgan fingerprint density at radius 3 is 2.20 bits per heavy atom. The molecular weight excluding hydrogens is 532 g/mol. The van der Waals surface area contributed by atoms with Crippen molar-refractivity contribution >= 4 is 23.7 Å². The molecule has 0 bridgehead atoms. The van der Waals surface area contributed by atoms with Gasteiger partial charge >= 0.3 is 17.7 Å². The predicted molar refractivity (Wildman–Crippen MR) is 146 cm³/mol. The number of nitrogen functional groups attached to an aromatic ring is 1. The fourth-order valence-electron chi connectivity index (χ4n) is 8.15. The minimum absolute atomic E-state index is 0.168. The Labute approximate surface area is 236 Å².